The van der Waals surface area contributed by atoms with Crippen molar-refractivity contribution in [2.75, 3.05) is 12.4 Å². The summed E-state index contributed by atoms with van der Waals surface area (Å²) >= 11 is 0. The van der Waals surface area contributed by atoms with Crippen LogP contribution in [0.1, 0.15) is 40.0 Å². The first-order valence-corrected chi connectivity index (χ1v) is 7.17. The summed E-state index contributed by atoms with van der Waals surface area (Å²) in [6.45, 7) is 6.35. The zero-order valence-corrected chi connectivity index (χ0v) is 13.0. The number of amides is 1. The Morgan fingerprint density at radius 3 is 2.57 bits per heavy atom. The summed E-state index contributed by atoms with van der Waals surface area (Å²) in [5, 5.41) is 6.11. The van der Waals surface area contributed by atoms with E-state index in [1.54, 1.807) is 7.05 Å². The quantitative estimate of drug-likeness (QED) is 0.894. The number of carbonyl (C=O) groups excluding carboxylic acids is 1. The average molecular weight is 282 g/mol. The summed E-state index contributed by atoms with van der Waals surface area (Å²) in [4.78, 5) is 11.7. The van der Waals surface area contributed by atoms with Crippen molar-refractivity contribution in [1.82, 2.24) is 5.32 Å². The first-order valence-electron chi connectivity index (χ1n) is 7.17. The molecule has 0 heterocycles. The first kappa shape index (κ1) is 15.1. The van der Waals surface area contributed by atoms with Crippen LogP contribution in [-0.4, -0.2) is 13.0 Å². The summed E-state index contributed by atoms with van der Waals surface area (Å²) in [7, 11) is 1.64. The number of nitrogens with one attached hydrogen (secondary N) is 2. The SMILES string of the molecule is CNC(=O)c1cccc(NC(C)c2cc(C)ccc2C)c1. The largest absolute Gasteiger partial charge is 0.378 e. The molecule has 1 unspecified atom stereocenters. The van der Waals surface area contributed by atoms with Gasteiger partial charge in [-0.15, -0.1) is 0 Å². The molecule has 21 heavy (non-hydrogen) atoms. The second kappa shape index (κ2) is 6.44. The molecule has 0 saturated heterocycles. The summed E-state index contributed by atoms with van der Waals surface area (Å²) in [5.41, 5.74) is 5.41. The Morgan fingerprint density at radius 1 is 1.10 bits per heavy atom. The fourth-order valence-electron chi connectivity index (χ4n) is 2.45. The third kappa shape index (κ3) is 3.63. The Bertz CT molecular complexity index is 649. The first-order chi connectivity index (χ1) is 10.0. The normalized spacial score (nSPS) is 11.8. The van der Waals surface area contributed by atoms with Gasteiger partial charge in [-0.25, -0.2) is 0 Å². The molecule has 2 aromatic rings. The number of rotatable bonds is 4. The average Bonchev–Trinajstić information content (AvgIpc) is 2.49. The van der Waals surface area contributed by atoms with Gasteiger partial charge < -0.3 is 10.6 Å². The summed E-state index contributed by atoms with van der Waals surface area (Å²) in [5.74, 6) is -0.0713. The number of carbonyl (C=O) groups is 1. The molecule has 2 rings (SSSR count). The molecule has 0 aromatic heterocycles. The molecule has 1 atom stereocenters. The lowest BCUT2D eigenvalue weighted by molar-refractivity contribution is 0.0963. The van der Waals surface area contributed by atoms with Crippen LogP contribution in [0.25, 0.3) is 0 Å². The van der Waals surface area contributed by atoms with E-state index < -0.39 is 0 Å². The van der Waals surface area contributed by atoms with Gasteiger partial charge >= 0.3 is 0 Å². The van der Waals surface area contributed by atoms with Gasteiger partial charge in [0.1, 0.15) is 0 Å². The van der Waals surface area contributed by atoms with E-state index in [2.05, 4.69) is 49.6 Å². The van der Waals surface area contributed by atoms with Gasteiger partial charge in [-0.2, -0.15) is 0 Å². The van der Waals surface area contributed by atoms with Gasteiger partial charge in [-0.1, -0.05) is 29.8 Å². The number of aryl methyl sites for hydroxylation is 2. The Morgan fingerprint density at radius 2 is 1.86 bits per heavy atom. The number of benzene rings is 2. The molecule has 0 aliphatic carbocycles. The Balaban J connectivity index is 2.21. The summed E-state index contributed by atoms with van der Waals surface area (Å²) in [6, 6.07) is 14.2. The van der Waals surface area contributed by atoms with E-state index >= 15 is 0 Å². The smallest absolute Gasteiger partial charge is 0.251 e. The van der Waals surface area contributed by atoms with Crippen molar-refractivity contribution in [2.24, 2.45) is 0 Å². The highest BCUT2D eigenvalue weighted by Crippen LogP contribution is 2.23. The third-order valence-corrected chi connectivity index (χ3v) is 3.64. The minimum atomic E-state index is -0.0713. The summed E-state index contributed by atoms with van der Waals surface area (Å²) < 4.78 is 0. The Hall–Kier alpha value is -2.29. The van der Waals surface area contributed by atoms with E-state index in [1.807, 2.05) is 24.3 Å². The fraction of sp³-hybridized carbons (Fsp3) is 0.278. The predicted molar refractivity (Wildman–Crippen MR) is 87.8 cm³/mol. The summed E-state index contributed by atoms with van der Waals surface area (Å²) in [6.07, 6.45) is 0. The second-order valence-electron chi connectivity index (χ2n) is 5.39. The standard InChI is InChI=1S/C18H22N2O/c1-12-8-9-13(2)17(10-12)14(3)20-16-7-5-6-15(11-16)18(21)19-4/h5-11,14,20H,1-4H3,(H,19,21). The molecule has 3 heteroatoms. The topological polar surface area (TPSA) is 41.1 Å². The van der Waals surface area contributed by atoms with Crippen LogP contribution in [0.2, 0.25) is 0 Å². The predicted octanol–water partition coefficient (Wildman–Crippen LogP) is 3.84. The number of anilines is 1. The molecule has 3 nitrogen and oxygen atoms in total. The zero-order valence-electron chi connectivity index (χ0n) is 13.0. The molecule has 0 bridgehead atoms. The lowest BCUT2D eigenvalue weighted by Gasteiger charge is -2.19. The molecule has 0 spiro atoms. The van der Waals surface area contributed by atoms with Crippen molar-refractivity contribution < 1.29 is 4.79 Å². The Labute approximate surface area is 126 Å². The van der Waals surface area contributed by atoms with E-state index in [1.165, 1.54) is 16.7 Å². The maximum atomic E-state index is 11.7. The van der Waals surface area contributed by atoms with E-state index in [0.717, 1.165) is 5.69 Å². The van der Waals surface area contributed by atoms with E-state index in [-0.39, 0.29) is 11.9 Å². The van der Waals surface area contributed by atoms with Crippen LogP contribution < -0.4 is 10.6 Å². The minimum absolute atomic E-state index is 0.0713. The van der Waals surface area contributed by atoms with Crippen molar-refractivity contribution in [3.63, 3.8) is 0 Å². The van der Waals surface area contributed by atoms with Gasteiger partial charge in [0.05, 0.1) is 0 Å². The molecule has 0 aliphatic heterocycles. The van der Waals surface area contributed by atoms with Crippen LogP contribution in [0.3, 0.4) is 0 Å². The van der Waals surface area contributed by atoms with Crippen LogP contribution in [0.4, 0.5) is 5.69 Å². The van der Waals surface area contributed by atoms with Crippen LogP contribution >= 0.6 is 0 Å². The van der Waals surface area contributed by atoms with Gasteiger partial charge in [0, 0.05) is 24.3 Å². The third-order valence-electron chi connectivity index (χ3n) is 3.64. The van der Waals surface area contributed by atoms with E-state index in [9.17, 15) is 4.79 Å². The van der Waals surface area contributed by atoms with Gasteiger partial charge in [0.2, 0.25) is 0 Å². The zero-order chi connectivity index (χ0) is 15.4. The van der Waals surface area contributed by atoms with Gasteiger partial charge in [-0.05, 0) is 50.1 Å². The monoisotopic (exact) mass is 282 g/mol. The maximum absolute atomic E-state index is 11.7. The molecule has 0 fully saturated rings. The van der Waals surface area contributed by atoms with Crippen LogP contribution in [-0.2, 0) is 0 Å². The molecule has 2 N–H and O–H groups in total. The lowest BCUT2D eigenvalue weighted by atomic mass is 9.99. The van der Waals surface area contributed by atoms with Crippen molar-refractivity contribution in [1.29, 1.82) is 0 Å². The van der Waals surface area contributed by atoms with Crippen molar-refractivity contribution in [3.8, 4) is 0 Å². The molecule has 2 aromatic carbocycles. The van der Waals surface area contributed by atoms with Gasteiger partial charge in [-0.3, -0.25) is 4.79 Å². The number of hydrogen-bond acceptors (Lipinski definition) is 2. The molecular formula is C18H22N2O. The van der Waals surface area contributed by atoms with Crippen LogP contribution in [0, 0.1) is 13.8 Å². The van der Waals surface area contributed by atoms with Crippen LogP contribution in [0.5, 0.6) is 0 Å². The highest BCUT2D eigenvalue weighted by Gasteiger charge is 2.10. The highest BCUT2D eigenvalue weighted by molar-refractivity contribution is 5.94. The lowest BCUT2D eigenvalue weighted by Crippen LogP contribution is -2.18. The van der Waals surface area contributed by atoms with E-state index in [4.69, 9.17) is 0 Å². The van der Waals surface area contributed by atoms with Crippen molar-refractivity contribution in [3.05, 3.63) is 64.7 Å². The van der Waals surface area contributed by atoms with Gasteiger partial charge in [0.25, 0.3) is 5.91 Å². The second-order valence-corrected chi connectivity index (χ2v) is 5.39. The van der Waals surface area contributed by atoms with Crippen molar-refractivity contribution in [2.45, 2.75) is 26.8 Å². The molecule has 0 aliphatic rings. The minimum Gasteiger partial charge on any atom is -0.378 e. The maximum Gasteiger partial charge on any atom is 0.251 e. The molecule has 0 saturated carbocycles. The molecule has 1 amide bonds. The molecule has 110 valence electrons. The van der Waals surface area contributed by atoms with Gasteiger partial charge in [0.15, 0.2) is 0 Å². The van der Waals surface area contributed by atoms with Crippen LogP contribution in [0.15, 0.2) is 42.5 Å². The number of hydrogen-bond donors (Lipinski definition) is 2. The van der Waals surface area contributed by atoms with E-state index in [0.29, 0.717) is 5.56 Å². The highest BCUT2D eigenvalue weighted by atomic mass is 16.1. The fourth-order valence-corrected chi connectivity index (χ4v) is 2.45. The molecular weight excluding hydrogens is 260 g/mol. The Kier molecular flexibility index (Phi) is 4.63. The van der Waals surface area contributed by atoms with Crippen molar-refractivity contribution >= 4 is 11.6 Å². The molecule has 0 radical (unpaired) electrons.